The fourth-order valence-corrected chi connectivity index (χ4v) is 3.21. The van der Waals surface area contributed by atoms with E-state index in [2.05, 4.69) is 9.71 Å². The maximum Gasteiger partial charge on any atom is 0.243 e. The van der Waals surface area contributed by atoms with Crippen LogP contribution in [0, 0.1) is 5.82 Å². The van der Waals surface area contributed by atoms with Crippen molar-refractivity contribution in [3.05, 3.63) is 72.4 Å². The van der Waals surface area contributed by atoms with E-state index in [1.165, 1.54) is 24.5 Å². The van der Waals surface area contributed by atoms with Gasteiger partial charge in [-0.1, -0.05) is 18.2 Å². The van der Waals surface area contributed by atoms with E-state index in [1.807, 2.05) is 0 Å². The standard InChI is InChI=1S/C16H13FN2O3S/c17-13-6-1-2-8-15(13)23(20,21)19-11-12-5-3-9-18-16(12)14-7-4-10-22-14/h1-10,19H,11H2. The molecule has 1 N–H and O–H groups in total. The van der Waals surface area contributed by atoms with Gasteiger partial charge in [0.2, 0.25) is 10.0 Å². The summed E-state index contributed by atoms with van der Waals surface area (Å²) < 4.78 is 45.8. The molecule has 7 heteroatoms. The summed E-state index contributed by atoms with van der Waals surface area (Å²) in [6.45, 7) is -0.0272. The fourth-order valence-electron chi connectivity index (χ4n) is 2.13. The van der Waals surface area contributed by atoms with Crippen LogP contribution in [-0.4, -0.2) is 13.4 Å². The van der Waals surface area contributed by atoms with E-state index in [9.17, 15) is 12.8 Å². The number of nitrogens with zero attached hydrogens (tertiary/aromatic N) is 1. The van der Waals surface area contributed by atoms with Crippen LogP contribution in [0.3, 0.4) is 0 Å². The summed E-state index contributed by atoms with van der Waals surface area (Å²) in [5.74, 6) is -0.261. The Hall–Kier alpha value is -2.51. The monoisotopic (exact) mass is 332 g/mol. The molecule has 0 aliphatic rings. The quantitative estimate of drug-likeness (QED) is 0.780. The SMILES string of the molecule is O=S(=O)(NCc1cccnc1-c1ccco1)c1ccccc1F. The molecule has 0 aliphatic carbocycles. The number of hydrogen-bond donors (Lipinski definition) is 1. The number of nitrogens with one attached hydrogen (secondary N) is 1. The van der Waals surface area contributed by atoms with E-state index in [4.69, 9.17) is 4.42 Å². The first-order chi connectivity index (χ1) is 11.1. The van der Waals surface area contributed by atoms with Crippen molar-refractivity contribution in [1.82, 2.24) is 9.71 Å². The van der Waals surface area contributed by atoms with Gasteiger partial charge >= 0.3 is 0 Å². The molecule has 0 bridgehead atoms. The van der Waals surface area contributed by atoms with E-state index in [1.54, 1.807) is 30.5 Å². The molecule has 0 saturated heterocycles. The Morgan fingerprint density at radius 2 is 1.91 bits per heavy atom. The van der Waals surface area contributed by atoms with Crippen LogP contribution < -0.4 is 4.72 Å². The maximum absolute atomic E-state index is 13.7. The topological polar surface area (TPSA) is 72.2 Å². The fraction of sp³-hybridized carbons (Fsp3) is 0.0625. The molecule has 2 heterocycles. The third-order valence-electron chi connectivity index (χ3n) is 3.22. The first-order valence-electron chi connectivity index (χ1n) is 6.80. The summed E-state index contributed by atoms with van der Waals surface area (Å²) in [4.78, 5) is 3.82. The number of hydrogen-bond acceptors (Lipinski definition) is 4. The van der Waals surface area contributed by atoms with Crippen molar-refractivity contribution in [2.24, 2.45) is 0 Å². The molecule has 0 spiro atoms. The Balaban J connectivity index is 1.86. The van der Waals surface area contributed by atoms with Crippen molar-refractivity contribution in [2.75, 3.05) is 0 Å². The van der Waals surface area contributed by atoms with Crippen molar-refractivity contribution in [3.8, 4) is 11.5 Å². The summed E-state index contributed by atoms with van der Waals surface area (Å²) in [7, 11) is -3.96. The molecule has 5 nitrogen and oxygen atoms in total. The van der Waals surface area contributed by atoms with Gasteiger partial charge in [0.15, 0.2) is 5.76 Å². The second-order valence-electron chi connectivity index (χ2n) is 4.74. The van der Waals surface area contributed by atoms with Crippen LogP contribution in [-0.2, 0) is 16.6 Å². The number of benzene rings is 1. The van der Waals surface area contributed by atoms with Gasteiger partial charge in [0, 0.05) is 12.7 Å². The first kappa shape index (κ1) is 15.4. The molecule has 3 rings (SSSR count). The average Bonchev–Trinajstić information content (AvgIpc) is 3.08. The Bertz CT molecular complexity index is 909. The van der Waals surface area contributed by atoms with Gasteiger partial charge in [-0.05, 0) is 35.9 Å². The molecule has 0 radical (unpaired) electrons. The van der Waals surface area contributed by atoms with Crippen LogP contribution in [0.25, 0.3) is 11.5 Å². The second-order valence-corrected chi connectivity index (χ2v) is 6.48. The molecule has 0 fully saturated rings. The third-order valence-corrected chi connectivity index (χ3v) is 4.66. The highest BCUT2D eigenvalue weighted by molar-refractivity contribution is 7.89. The normalized spacial score (nSPS) is 11.5. The third kappa shape index (κ3) is 3.30. The summed E-state index contributed by atoms with van der Waals surface area (Å²) in [6.07, 6.45) is 3.10. The number of sulfonamides is 1. The molecule has 2 aromatic heterocycles. The zero-order chi connectivity index (χ0) is 16.3. The Labute approximate surface area is 132 Å². The predicted octanol–water partition coefficient (Wildman–Crippen LogP) is 2.96. The summed E-state index contributed by atoms with van der Waals surface area (Å²) in [5.41, 5.74) is 1.16. The van der Waals surface area contributed by atoms with Crippen LogP contribution in [0.2, 0.25) is 0 Å². The van der Waals surface area contributed by atoms with Crippen molar-refractivity contribution < 1.29 is 17.2 Å². The van der Waals surface area contributed by atoms with E-state index in [0.29, 0.717) is 17.0 Å². The van der Waals surface area contributed by atoms with E-state index in [0.717, 1.165) is 6.07 Å². The zero-order valence-electron chi connectivity index (χ0n) is 11.9. The molecule has 0 saturated carbocycles. The van der Waals surface area contributed by atoms with Crippen LogP contribution in [0.15, 0.2) is 70.3 Å². The number of furan rings is 1. The van der Waals surface area contributed by atoms with E-state index in [-0.39, 0.29) is 11.4 Å². The lowest BCUT2D eigenvalue weighted by atomic mass is 10.1. The minimum atomic E-state index is -3.96. The lowest BCUT2D eigenvalue weighted by molar-refractivity contribution is 0.556. The van der Waals surface area contributed by atoms with Crippen molar-refractivity contribution in [1.29, 1.82) is 0 Å². The zero-order valence-corrected chi connectivity index (χ0v) is 12.8. The minimum Gasteiger partial charge on any atom is -0.463 e. The lowest BCUT2D eigenvalue weighted by Gasteiger charge is -2.09. The Morgan fingerprint density at radius 1 is 1.09 bits per heavy atom. The smallest absolute Gasteiger partial charge is 0.243 e. The number of rotatable bonds is 5. The number of aromatic nitrogens is 1. The summed E-state index contributed by atoms with van der Waals surface area (Å²) in [6, 6.07) is 12.1. The second kappa shape index (κ2) is 6.31. The van der Waals surface area contributed by atoms with Crippen molar-refractivity contribution >= 4 is 10.0 Å². The van der Waals surface area contributed by atoms with Gasteiger partial charge in [-0.2, -0.15) is 0 Å². The van der Waals surface area contributed by atoms with Crippen molar-refractivity contribution in [3.63, 3.8) is 0 Å². The van der Waals surface area contributed by atoms with E-state index >= 15 is 0 Å². The van der Waals surface area contributed by atoms with Crippen molar-refractivity contribution in [2.45, 2.75) is 11.4 Å². The van der Waals surface area contributed by atoms with Crippen LogP contribution >= 0.6 is 0 Å². The molecular formula is C16H13FN2O3S. The summed E-state index contributed by atoms with van der Waals surface area (Å²) in [5, 5.41) is 0. The number of halogens is 1. The van der Waals surface area contributed by atoms with Gasteiger partial charge in [-0.15, -0.1) is 0 Å². The van der Waals surface area contributed by atoms with Gasteiger partial charge in [0.25, 0.3) is 0 Å². The van der Waals surface area contributed by atoms with Gasteiger partial charge in [0.05, 0.1) is 6.26 Å². The highest BCUT2D eigenvalue weighted by Crippen LogP contribution is 2.22. The van der Waals surface area contributed by atoms with Crippen LogP contribution in [0.5, 0.6) is 0 Å². The molecule has 0 aliphatic heterocycles. The summed E-state index contributed by atoms with van der Waals surface area (Å²) >= 11 is 0. The molecule has 0 atom stereocenters. The van der Waals surface area contributed by atoms with Crippen LogP contribution in [0.1, 0.15) is 5.56 Å². The molecular weight excluding hydrogens is 319 g/mol. The average molecular weight is 332 g/mol. The largest absolute Gasteiger partial charge is 0.463 e. The molecule has 0 amide bonds. The highest BCUT2D eigenvalue weighted by atomic mass is 32.2. The van der Waals surface area contributed by atoms with Gasteiger partial charge in [0.1, 0.15) is 16.4 Å². The van der Waals surface area contributed by atoms with Gasteiger partial charge < -0.3 is 4.42 Å². The molecule has 0 unspecified atom stereocenters. The molecule has 3 aromatic rings. The Morgan fingerprint density at radius 3 is 2.65 bits per heavy atom. The maximum atomic E-state index is 13.7. The van der Waals surface area contributed by atoms with Gasteiger partial charge in [-0.25, -0.2) is 17.5 Å². The predicted molar refractivity (Wildman–Crippen MR) is 82.4 cm³/mol. The molecule has 1 aromatic carbocycles. The highest BCUT2D eigenvalue weighted by Gasteiger charge is 2.19. The lowest BCUT2D eigenvalue weighted by Crippen LogP contribution is -2.24. The minimum absolute atomic E-state index is 0.0272. The molecule has 118 valence electrons. The number of pyridine rings is 1. The Kier molecular flexibility index (Phi) is 4.22. The first-order valence-corrected chi connectivity index (χ1v) is 8.28. The van der Waals surface area contributed by atoms with Gasteiger partial charge in [-0.3, -0.25) is 4.98 Å². The van der Waals surface area contributed by atoms with Crippen LogP contribution in [0.4, 0.5) is 4.39 Å². The van der Waals surface area contributed by atoms with E-state index < -0.39 is 15.8 Å². The molecule has 23 heavy (non-hydrogen) atoms.